The molecule has 4 rings (SSSR count). The third-order valence-electron chi connectivity index (χ3n) is 13.7. The second kappa shape index (κ2) is 49.8. The molecule has 6 unspecified atom stereocenters. The Morgan fingerprint density at radius 1 is 0.429 bits per heavy atom. The number of rotatable bonds is 55. The molecule has 0 bridgehead atoms. The summed E-state index contributed by atoms with van der Waals surface area (Å²) in [6.07, 6.45) is 0.715. The van der Waals surface area contributed by atoms with Gasteiger partial charge >= 0.3 is 11.9 Å². The maximum Gasteiger partial charge on any atom is 0.305 e. The van der Waals surface area contributed by atoms with Gasteiger partial charge in [-0.25, -0.2) is 9.97 Å². The highest BCUT2D eigenvalue weighted by molar-refractivity contribution is 6.34. The number of carbonyl (C=O) groups is 8. The van der Waals surface area contributed by atoms with Crippen LogP contribution in [0.25, 0.3) is 0 Å². The number of nitrogens with zero attached hydrogens (tertiary/aromatic N) is 2. The standard InChI is InChI=1S/C64H90Cl3N11O20/c65-45-33-43(34-46(66)37-45)49(39-57(81)82)77-61(87)51(75-55(79)11-3-7-15-71-53-9-1-5-13-69-53)41-97-31-29-95-27-25-93-23-21-91-19-17-73-63(89)59(85)60(86)64(90)74-18-20-92-22-24-94-26-28-96-30-32-98-42-52(76-56(80)12-4-8-16-72-54-10-2-6-14-70-54)62(88)78-50(40-58(83)84)44-35-47(67)38-48(68)36-44/h1-2,5-6,9-10,13-14,33-38,49-52,59-60,85-86H,3-4,7-8,11-12,15-32,39-42,68H2,(H,69,71)(H,70,72)(H,73,89)(H,74,90)(H,75,79)(H,76,80)(H,77,87)(H,78,88)(H,81,82)(H,83,84). The van der Waals surface area contributed by atoms with E-state index in [4.69, 9.17) is 78.4 Å². The lowest BCUT2D eigenvalue weighted by Gasteiger charge is -2.23. The quantitative estimate of drug-likeness (QED) is 0.0223. The first-order valence-electron chi connectivity index (χ1n) is 31.8. The molecule has 6 atom stereocenters. The molecule has 6 amide bonds. The Bertz CT molecular complexity index is 2780. The number of benzene rings is 2. The summed E-state index contributed by atoms with van der Waals surface area (Å²) >= 11 is 18.5. The molecule has 4 aromatic rings. The fourth-order valence-electron chi connectivity index (χ4n) is 8.81. The van der Waals surface area contributed by atoms with E-state index in [1.54, 1.807) is 24.5 Å². The number of unbranched alkanes of at least 4 members (excludes halogenated alkanes) is 2. The second-order valence-electron chi connectivity index (χ2n) is 21.6. The molecule has 0 radical (unpaired) electrons. The molecule has 2 aromatic heterocycles. The highest BCUT2D eigenvalue weighted by Gasteiger charge is 2.31. The summed E-state index contributed by atoms with van der Waals surface area (Å²) < 4.78 is 44.3. The highest BCUT2D eigenvalue weighted by atomic mass is 35.5. The number of anilines is 3. The van der Waals surface area contributed by atoms with E-state index in [2.05, 4.69) is 52.5 Å². The van der Waals surface area contributed by atoms with E-state index in [1.807, 2.05) is 24.3 Å². The summed E-state index contributed by atoms with van der Waals surface area (Å²) in [5.41, 5.74) is 6.92. The van der Waals surface area contributed by atoms with Crippen LogP contribution in [0.1, 0.15) is 74.6 Å². The van der Waals surface area contributed by atoms with Crippen molar-refractivity contribution in [2.24, 2.45) is 0 Å². The number of ether oxygens (including phenoxy) is 8. The first-order valence-corrected chi connectivity index (χ1v) is 32.9. The van der Waals surface area contributed by atoms with Gasteiger partial charge in [-0.3, -0.25) is 38.4 Å². The van der Waals surface area contributed by atoms with Crippen LogP contribution >= 0.6 is 34.8 Å². The lowest BCUT2D eigenvalue weighted by Crippen LogP contribution is -2.50. The van der Waals surface area contributed by atoms with Gasteiger partial charge in [-0.2, -0.15) is 0 Å². The van der Waals surface area contributed by atoms with Crippen molar-refractivity contribution in [2.45, 2.75) is 87.7 Å². The van der Waals surface area contributed by atoms with Crippen molar-refractivity contribution < 1.29 is 96.7 Å². The van der Waals surface area contributed by atoms with E-state index in [9.17, 15) is 58.8 Å². The minimum Gasteiger partial charge on any atom is -0.481 e. The third kappa shape index (κ3) is 37.4. The van der Waals surface area contributed by atoms with Crippen molar-refractivity contribution in [1.82, 2.24) is 41.9 Å². The summed E-state index contributed by atoms with van der Waals surface area (Å²) in [6.45, 7) is 2.18. The van der Waals surface area contributed by atoms with Crippen molar-refractivity contribution in [1.29, 1.82) is 0 Å². The molecular weight excluding hydrogens is 1350 g/mol. The molecule has 98 heavy (non-hydrogen) atoms. The van der Waals surface area contributed by atoms with Crippen molar-refractivity contribution in [3.63, 3.8) is 0 Å². The number of nitrogen functional groups attached to an aromatic ring is 1. The van der Waals surface area contributed by atoms with Crippen LogP contribution in [0.2, 0.25) is 15.1 Å². The third-order valence-corrected chi connectivity index (χ3v) is 14.3. The zero-order valence-electron chi connectivity index (χ0n) is 54.3. The van der Waals surface area contributed by atoms with Crippen LogP contribution in [-0.4, -0.2) is 234 Å². The SMILES string of the molecule is Nc1cc(Cl)cc(C(CC(=O)O)NC(=O)C(COCCOCCOCCOCCNC(=O)C(O)C(O)C(=O)NCCOCCOCCOCCOCC(NC(=O)CCCCNc2ccccn2)C(=O)NC(CC(=O)O)c2cc(Cl)cc(Cl)c2)NC(=O)CCCCNc2ccccn2)c1. The van der Waals surface area contributed by atoms with Crippen LogP contribution in [0.4, 0.5) is 17.3 Å². The topological polar surface area (TPSA) is 439 Å². The zero-order valence-corrected chi connectivity index (χ0v) is 56.5. The lowest BCUT2D eigenvalue weighted by atomic mass is 10.0. The number of halogens is 3. The molecule has 0 saturated heterocycles. The number of nitrogens with two attached hydrogens (primary N) is 1. The van der Waals surface area contributed by atoms with Gasteiger partial charge < -0.3 is 107 Å². The van der Waals surface area contributed by atoms with Crippen LogP contribution < -0.4 is 48.3 Å². The Kier molecular flexibility index (Phi) is 42.1. The summed E-state index contributed by atoms with van der Waals surface area (Å²) in [5.74, 6) is -5.18. The van der Waals surface area contributed by atoms with E-state index in [1.165, 1.54) is 36.4 Å². The average Bonchev–Trinajstić information content (AvgIpc) is 0.908. The van der Waals surface area contributed by atoms with Crippen LogP contribution in [0, 0.1) is 0 Å². The molecule has 2 aromatic carbocycles. The van der Waals surface area contributed by atoms with E-state index in [0.717, 1.165) is 0 Å². The summed E-state index contributed by atoms with van der Waals surface area (Å²) in [4.78, 5) is 110. The number of aromatic nitrogens is 2. The fourth-order valence-corrected chi connectivity index (χ4v) is 9.60. The number of hydrogen-bond donors (Lipinski definition) is 13. The lowest BCUT2D eigenvalue weighted by molar-refractivity contribution is -0.146. The maximum absolute atomic E-state index is 13.6. The number of carboxylic acids is 2. The Hall–Kier alpha value is -7.63. The first-order chi connectivity index (χ1) is 47.3. The Morgan fingerprint density at radius 3 is 1.14 bits per heavy atom. The van der Waals surface area contributed by atoms with Gasteiger partial charge in [0.05, 0.1) is 131 Å². The number of carbonyl (C=O) groups excluding carboxylic acids is 6. The number of amides is 6. The molecule has 31 nitrogen and oxygen atoms in total. The van der Waals surface area contributed by atoms with Gasteiger partial charge in [0, 0.05) is 72.2 Å². The van der Waals surface area contributed by atoms with Crippen LogP contribution in [0.5, 0.6) is 0 Å². The number of nitrogens with one attached hydrogen (secondary N) is 8. The smallest absolute Gasteiger partial charge is 0.305 e. The molecular formula is C64H90Cl3N11O20. The summed E-state index contributed by atoms with van der Waals surface area (Å²) in [5, 5.41) is 62.3. The van der Waals surface area contributed by atoms with E-state index < -0.39 is 96.6 Å². The van der Waals surface area contributed by atoms with Crippen molar-refractivity contribution in [3.8, 4) is 0 Å². The number of carboxylic acid groups (broad SMARTS) is 2. The largest absolute Gasteiger partial charge is 0.481 e. The number of pyridine rings is 2. The molecule has 34 heteroatoms. The fraction of sp³-hybridized carbons (Fsp3) is 0.531. The predicted molar refractivity (Wildman–Crippen MR) is 360 cm³/mol. The van der Waals surface area contributed by atoms with Gasteiger partial charge in [-0.1, -0.05) is 46.9 Å². The van der Waals surface area contributed by atoms with E-state index in [-0.39, 0.29) is 152 Å². The minimum absolute atomic E-state index is 0.0207. The average molecular weight is 1440 g/mol. The Labute approximate surface area is 582 Å². The summed E-state index contributed by atoms with van der Waals surface area (Å²) in [7, 11) is 0. The molecule has 0 saturated carbocycles. The van der Waals surface area contributed by atoms with Crippen molar-refractivity contribution in [2.75, 3.05) is 148 Å². The van der Waals surface area contributed by atoms with E-state index >= 15 is 0 Å². The van der Waals surface area contributed by atoms with Gasteiger partial charge in [0.1, 0.15) is 23.7 Å². The molecule has 0 aliphatic rings. The molecule has 0 spiro atoms. The number of hydrogen-bond acceptors (Lipinski definition) is 23. The van der Waals surface area contributed by atoms with Crippen molar-refractivity contribution >= 4 is 99.5 Å². The Morgan fingerprint density at radius 2 is 0.786 bits per heavy atom. The van der Waals surface area contributed by atoms with Gasteiger partial charge in [-0.05, 0) is 97.5 Å². The predicted octanol–water partition coefficient (Wildman–Crippen LogP) is 2.60. The minimum atomic E-state index is -2.07. The summed E-state index contributed by atoms with van der Waals surface area (Å²) in [6, 6.07) is 15.4. The van der Waals surface area contributed by atoms with Crippen LogP contribution in [0.3, 0.4) is 0 Å². The van der Waals surface area contributed by atoms with Crippen molar-refractivity contribution in [3.05, 3.63) is 111 Å². The number of aliphatic hydroxyl groups is 2. The normalized spacial score (nSPS) is 13.0. The first kappa shape index (κ1) is 82.8. The van der Waals surface area contributed by atoms with Crippen LogP contribution in [0.15, 0.2) is 85.2 Å². The van der Waals surface area contributed by atoms with Gasteiger partial charge in [0.25, 0.3) is 11.8 Å². The molecule has 0 fully saturated rings. The highest BCUT2D eigenvalue weighted by Crippen LogP contribution is 2.27. The van der Waals surface area contributed by atoms with Gasteiger partial charge in [0.2, 0.25) is 23.6 Å². The molecule has 542 valence electrons. The maximum atomic E-state index is 13.6. The number of aliphatic carboxylic acids is 2. The van der Waals surface area contributed by atoms with Gasteiger partial charge in [-0.15, -0.1) is 0 Å². The number of aliphatic hydroxyl groups excluding tert-OH is 2. The monoisotopic (exact) mass is 1440 g/mol. The molecule has 0 aliphatic heterocycles. The zero-order chi connectivity index (χ0) is 71.1. The molecule has 0 aliphatic carbocycles. The second-order valence-corrected chi connectivity index (χ2v) is 22.9. The molecule has 2 heterocycles. The molecule has 14 N–H and O–H groups in total. The van der Waals surface area contributed by atoms with E-state index in [0.29, 0.717) is 61.5 Å². The van der Waals surface area contributed by atoms with Crippen LogP contribution in [-0.2, 0) is 76.3 Å². The Balaban J connectivity index is 1.00. The van der Waals surface area contributed by atoms with Gasteiger partial charge in [0.15, 0.2) is 12.2 Å².